The van der Waals surface area contributed by atoms with E-state index in [9.17, 15) is 9.90 Å². The number of para-hydroxylation sites is 1. The van der Waals surface area contributed by atoms with Crippen LogP contribution in [0.4, 0.5) is 5.82 Å². The molecule has 1 aromatic heterocycles. The summed E-state index contributed by atoms with van der Waals surface area (Å²) in [5, 5.41) is 13.6. The standard InChI is InChI=1S/C17H20N2O2/c1-2-13(9-11-7-8-11)18-16-14(17(20)21)10-12-5-3-4-6-15(12)19-16/h3-6,10-11,13H,2,7-9H2,1H3,(H,18,19)(H,20,21). The number of anilines is 1. The van der Waals surface area contributed by atoms with Crippen LogP contribution in [-0.4, -0.2) is 22.1 Å². The number of carbonyl (C=O) groups is 1. The maximum Gasteiger partial charge on any atom is 0.339 e. The molecular weight excluding hydrogens is 264 g/mol. The van der Waals surface area contributed by atoms with E-state index in [4.69, 9.17) is 0 Å². The fourth-order valence-electron chi connectivity index (χ4n) is 2.67. The van der Waals surface area contributed by atoms with Crippen LogP contribution >= 0.6 is 0 Å². The number of hydrogen-bond donors (Lipinski definition) is 2. The molecule has 1 atom stereocenters. The lowest BCUT2D eigenvalue weighted by molar-refractivity contribution is 0.0697. The molecule has 1 aliphatic carbocycles. The maximum atomic E-state index is 11.5. The van der Waals surface area contributed by atoms with Crippen molar-refractivity contribution in [2.75, 3.05) is 5.32 Å². The smallest absolute Gasteiger partial charge is 0.339 e. The highest BCUT2D eigenvalue weighted by molar-refractivity contribution is 5.98. The Morgan fingerprint density at radius 2 is 2.19 bits per heavy atom. The van der Waals surface area contributed by atoms with Gasteiger partial charge < -0.3 is 10.4 Å². The van der Waals surface area contributed by atoms with Crippen molar-refractivity contribution < 1.29 is 9.90 Å². The van der Waals surface area contributed by atoms with Crippen molar-refractivity contribution in [2.24, 2.45) is 5.92 Å². The fourth-order valence-corrected chi connectivity index (χ4v) is 2.67. The maximum absolute atomic E-state index is 11.5. The molecule has 1 aromatic carbocycles. The van der Waals surface area contributed by atoms with Gasteiger partial charge in [-0.05, 0) is 30.9 Å². The number of rotatable bonds is 6. The zero-order valence-electron chi connectivity index (χ0n) is 12.2. The number of aromatic nitrogens is 1. The average Bonchev–Trinajstić information content (AvgIpc) is 3.29. The third-order valence-corrected chi connectivity index (χ3v) is 4.10. The summed E-state index contributed by atoms with van der Waals surface area (Å²) >= 11 is 0. The second kappa shape index (κ2) is 5.72. The van der Waals surface area contributed by atoms with Gasteiger partial charge in [-0.25, -0.2) is 9.78 Å². The van der Waals surface area contributed by atoms with Gasteiger partial charge >= 0.3 is 5.97 Å². The summed E-state index contributed by atoms with van der Waals surface area (Å²) in [6.07, 6.45) is 4.68. The summed E-state index contributed by atoms with van der Waals surface area (Å²) in [5.74, 6) is 0.363. The zero-order valence-corrected chi connectivity index (χ0v) is 12.2. The molecule has 0 bridgehead atoms. The highest BCUT2D eigenvalue weighted by atomic mass is 16.4. The second-order valence-electron chi connectivity index (χ2n) is 5.81. The third kappa shape index (κ3) is 3.15. The van der Waals surface area contributed by atoms with Crippen LogP contribution in [0.1, 0.15) is 43.0 Å². The quantitative estimate of drug-likeness (QED) is 0.844. The minimum absolute atomic E-state index is 0.253. The lowest BCUT2D eigenvalue weighted by Gasteiger charge is -2.19. The van der Waals surface area contributed by atoms with Crippen LogP contribution < -0.4 is 5.32 Å². The molecule has 21 heavy (non-hydrogen) atoms. The zero-order chi connectivity index (χ0) is 14.8. The molecule has 3 rings (SSSR count). The number of benzene rings is 1. The fraction of sp³-hybridized carbons (Fsp3) is 0.412. The normalized spacial score (nSPS) is 15.9. The molecule has 1 fully saturated rings. The number of pyridine rings is 1. The number of hydrogen-bond acceptors (Lipinski definition) is 3. The summed E-state index contributed by atoms with van der Waals surface area (Å²) < 4.78 is 0. The van der Waals surface area contributed by atoms with Gasteiger partial charge in [-0.2, -0.15) is 0 Å². The third-order valence-electron chi connectivity index (χ3n) is 4.10. The Balaban J connectivity index is 1.94. The SMILES string of the molecule is CCC(CC1CC1)Nc1nc2ccccc2cc1C(=O)O. The molecule has 2 N–H and O–H groups in total. The summed E-state index contributed by atoms with van der Waals surface area (Å²) in [5.41, 5.74) is 1.08. The molecule has 1 unspecified atom stereocenters. The van der Waals surface area contributed by atoms with Crippen molar-refractivity contribution in [1.29, 1.82) is 0 Å². The van der Waals surface area contributed by atoms with Crippen molar-refractivity contribution in [3.8, 4) is 0 Å². The molecule has 0 aliphatic heterocycles. The molecule has 1 aliphatic rings. The Bertz CT molecular complexity index is 665. The molecule has 110 valence electrons. The first-order chi connectivity index (χ1) is 10.2. The predicted molar refractivity (Wildman–Crippen MR) is 83.7 cm³/mol. The van der Waals surface area contributed by atoms with E-state index in [2.05, 4.69) is 17.2 Å². The Morgan fingerprint density at radius 1 is 1.43 bits per heavy atom. The molecule has 4 nitrogen and oxygen atoms in total. The van der Waals surface area contributed by atoms with Gasteiger partial charge in [-0.1, -0.05) is 38.0 Å². The first-order valence-corrected chi connectivity index (χ1v) is 7.57. The van der Waals surface area contributed by atoms with Crippen molar-refractivity contribution >= 4 is 22.7 Å². The van der Waals surface area contributed by atoms with Gasteiger partial charge in [-0.3, -0.25) is 0 Å². The van der Waals surface area contributed by atoms with Crippen LogP contribution in [0.5, 0.6) is 0 Å². The van der Waals surface area contributed by atoms with E-state index in [-0.39, 0.29) is 5.56 Å². The van der Waals surface area contributed by atoms with Crippen LogP contribution in [0.15, 0.2) is 30.3 Å². The van der Waals surface area contributed by atoms with Crippen LogP contribution in [0.3, 0.4) is 0 Å². The molecule has 1 heterocycles. The van der Waals surface area contributed by atoms with E-state index in [1.165, 1.54) is 12.8 Å². The predicted octanol–water partition coefficient (Wildman–Crippen LogP) is 3.92. The van der Waals surface area contributed by atoms with E-state index in [0.717, 1.165) is 29.7 Å². The number of fused-ring (bicyclic) bond motifs is 1. The van der Waals surface area contributed by atoms with Crippen molar-refractivity contribution in [3.05, 3.63) is 35.9 Å². The Morgan fingerprint density at radius 3 is 2.86 bits per heavy atom. The summed E-state index contributed by atoms with van der Waals surface area (Å²) in [6, 6.07) is 9.61. The largest absolute Gasteiger partial charge is 0.478 e. The van der Waals surface area contributed by atoms with Gasteiger partial charge in [0, 0.05) is 11.4 Å². The Labute approximate surface area is 124 Å². The first-order valence-electron chi connectivity index (χ1n) is 7.57. The number of nitrogens with zero attached hydrogens (tertiary/aromatic N) is 1. The summed E-state index contributed by atoms with van der Waals surface area (Å²) in [7, 11) is 0. The van der Waals surface area contributed by atoms with E-state index in [1.54, 1.807) is 6.07 Å². The minimum Gasteiger partial charge on any atom is -0.478 e. The van der Waals surface area contributed by atoms with Crippen LogP contribution in [0.25, 0.3) is 10.9 Å². The highest BCUT2D eigenvalue weighted by Gasteiger charge is 2.25. The lowest BCUT2D eigenvalue weighted by Crippen LogP contribution is -2.21. The number of carboxylic acid groups (broad SMARTS) is 1. The molecule has 0 radical (unpaired) electrons. The monoisotopic (exact) mass is 284 g/mol. The van der Waals surface area contributed by atoms with Gasteiger partial charge in [0.25, 0.3) is 0 Å². The number of carboxylic acids is 1. The van der Waals surface area contributed by atoms with E-state index in [0.29, 0.717) is 11.9 Å². The van der Waals surface area contributed by atoms with Crippen molar-refractivity contribution in [2.45, 2.75) is 38.6 Å². The van der Waals surface area contributed by atoms with Crippen molar-refractivity contribution in [3.63, 3.8) is 0 Å². The summed E-state index contributed by atoms with van der Waals surface area (Å²) in [6.45, 7) is 2.13. The molecule has 4 heteroatoms. The van der Waals surface area contributed by atoms with Gasteiger partial charge in [0.05, 0.1) is 5.52 Å². The number of aromatic carboxylic acids is 1. The van der Waals surface area contributed by atoms with Gasteiger partial charge in [-0.15, -0.1) is 0 Å². The molecule has 0 spiro atoms. The van der Waals surface area contributed by atoms with E-state index < -0.39 is 5.97 Å². The van der Waals surface area contributed by atoms with Crippen molar-refractivity contribution in [1.82, 2.24) is 4.98 Å². The number of nitrogens with one attached hydrogen (secondary N) is 1. The molecule has 2 aromatic rings. The Kier molecular flexibility index (Phi) is 3.78. The van der Waals surface area contributed by atoms with Crippen LogP contribution in [0, 0.1) is 5.92 Å². The van der Waals surface area contributed by atoms with Gasteiger partial charge in [0.2, 0.25) is 0 Å². The minimum atomic E-state index is -0.933. The summed E-state index contributed by atoms with van der Waals surface area (Å²) in [4.78, 5) is 16.0. The van der Waals surface area contributed by atoms with E-state index in [1.807, 2.05) is 24.3 Å². The Hall–Kier alpha value is -2.10. The van der Waals surface area contributed by atoms with Crippen LogP contribution in [0.2, 0.25) is 0 Å². The topological polar surface area (TPSA) is 62.2 Å². The van der Waals surface area contributed by atoms with E-state index >= 15 is 0 Å². The second-order valence-corrected chi connectivity index (χ2v) is 5.81. The molecule has 0 amide bonds. The average molecular weight is 284 g/mol. The van der Waals surface area contributed by atoms with Crippen LogP contribution in [-0.2, 0) is 0 Å². The first kappa shape index (κ1) is 13.9. The molecular formula is C17H20N2O2. The molecule has 1 saturated carbocycles. The highest BCUT2D eigenvalue weighted by Crippen LogP contribution is 2.35. The lowest BCUT2D eigenvalue weighted by atomic mass is 10.1. The van der Waals surface area contributed by atoms with Gasteiger partial charge in [0.15, 0.2) is 0 Å². The van der Waals surface area contributed by atoms with Gasteiger partial charge in [0.1, 0.15) is 11.4 Å². The molecule has 0 saturated heterocycles.